The van der Waals surface area contributed by atoms with E-state index in [1.807, 2.05) is 0 Å². The smallest absolute Gasteiger partial charge is 0.302 e. The van der Waals surface area contributed by atoms with Crippen LogP contribution in [0.5, 0.6) is 0 Å². The van der Waals surface area contributed by atoms with Crippen molar-refractivity contribution >= 4 is 28.6 Å². The van der Waals surface area contributed by atoms with Crippen molar-refractivity contribution in [1.82, 2.24) is 0 Å². The lowest BCUT2D eigenvalue weighted by Crippen LogP contribution is -2.70. The maximum Gasteiger partial charge on any atom is 0.302 e. The summed E-state index contributed by atoms with van der Waals surface area (Å²) in [5.41, 5.74) is 1.41. The normalized spacial score (nSPS) is 47.7. The van der Waals surface area contributed by atoms with Crippen LogP contribution in [0.2, 0.25) is 0 Å². The van der Waals surface area contributed by atoms with E-state index in [0.717, 1.165) is 56.1 Å². The van der Waals surface area contributed by atoms with E-state index in [4.69, 9.17) is 16.3 Å². The lowest BCUT2D eigenvalue weighted by Gasteiger charge is -2.76. The van der Waals surface area contributed by atoms with Crippen LogP contribution in [0, 0.1) is 50.2 Å². The molecule has 0 N–H and O–H groups in total. The second-order valence-electron chi connectivity index (χ2n) is 15.6. The summed E-state index contributed by atoms with van der Waals surface area (Å²) in [6.07, 6.45) is 8.15. The molecule has 5 aliphatic rings. The molecular formula is C33H49ClO4. The van der Waals surface area contributed by atoms with E-state index in [-0.39, 0.29) is 68.4 Å². The van der Waals surface area contributed by atoms with Gasteiger partial charge in [0, 0.05) is 18.8 Å². The van der Waals surface area contributed by atoms with E-state index < -0.39 is 5.41 Å². The molecule has 0 heterocycles. The molecule has 0 aromatic heterocycles. The minimum absolute atomic E-state index is 0.0131. The van der Waals surface area contributed by atoms with Gasteiger partial charge in [-0.15, -0.1) is 0 Å². The third-order valence-corrected chi connectivity index (χ3v) is 14.4. The van der Waals surface area contributed by atoms with Crippen LogP contribution in [0.1, 0.15) is 120 Å². The largest absolute Gasteiger partial charge is 0.462 e. The van der Waals surface area contributed by atoms with Crippen LogP contribution < -0.4 is 0 Å². The van der Waals surface area contributed by atoms with Crippen LogP contribution in [0.25, 0.3) is 0 Å². The number of allylic oxidation sites excluding steroid dienone is 2. The lowest BCUT2D eigenvalue weighted by molar-refractivity contribution is -0.277. The van der Waals surface area contributed by atoms with Crippen molar-refractivity contribution in [3.8, 4) is 0 Å². The number of ketones is 1. The highest BCUT2D eigenvalue weighted by atomic mass is 35.5. The molecular weight excluding hydrogens is 496 g/mol. The number of fused-ring (bicyclic) bond motifs is 7. The Labute approximate surface area is 235 Å². The van der Waals surface area contributed by atoms with E-state index in [1.54, 1.807) is 0 Å². The molecule has 0 aliphatic heterocycles. The monoisotopic (exact) mass is 544 g/mol. The molecule has 8 atom stereocenters. The van der Waals surface area contributed by atoms with Gasteiger partial charge in [0.25, 0.3) is 0 Å². The van der Waals surface area contributed by atoms with Crippen molar-refractivity contribution in [2.75, 3.05) is 0 Å². The van der Waals surface area contributed by atoms with Gasteiger partial charge < -0.3 is 4.74 Å². The van der Waals surface area contributed by atoms with Crippen molar-refractivity contribution in [3.63, 3.8) is 0 Å². The molecule has 5 heteroatoms. The first-order chi connectivity index (χ1) is 17.4. The minimum atomic E-state index is -0.794. The first-order valence-corrected chi connectivity index (χ1v) is 15.5. The Bertz CT molecular complexity index is 1120. The SMILES string of the molecule is CC(=O)O[C@H]1CC[C@@]2(C)[C@@H](CC[C@]3(C)[C@]2(C)CC[C@@H]2C4=C(C(C)C)C(=O)C[C@]4(C(=O)Cl)CC[C@]23C)C1(C)C. The van der Waals surface area contributed by atoms with Gasteiger partial charge in [0.1, 0.15) is 6.10 Å². The number of hydrogen-bond donors (Lipinski definition) is 0. The Hall–Kier alpha value is -1.16. The Morgan fingerprint density at radius 2 is 1.47 bits per heavy atom. The van der Waals surface area contributed by atoms with Gasteiger partial charge in [0.05, 0.1) is 5.41 Å². The van der Waals surface area contributed by atoms with Gasteiger partial charge in [-0.1, -0.05) is 55.4 Å². The predicted molar refractivity (Wildman–Crippen MR) is 150 cm³/mol. The van der Waals surface area contributed by atoms with Crippen LogP contribution >= 0.6 is 11.6 Å². The average molecular weight is 545 g/mol. The fourth-order valence-corrected chi connectivity index (χ4v) is 11.9. The number of carbonyl (C=O) groups is 3. The van der Waals surface area contributed by atoms with Gasteiger partial charge in [0.2, 0.25) is 5.24 Å². The summed E-state index contributed by atoms with van der Waals surface area (Å²) in [6.45, 7) is 20.5. The predicted octanol–water partition coefficient (Wildman–Crippen LogP) is 8.05. The summed E-state index contributed by atoms with van der Waals surface area (Å²) < 4.78 is 5.90. The quantitative estimate of drug-likeness (QED) is 0.266. The number of carbonyl (C=O) groups excluding carboxylic acids is 3. The first kappa shape index (κ1) is 28.4. The molecule has 4 nitrogen and oxygen atoms in total. The fourth-order valence-electron chi connectivity index (χ4n) is 11.6. The van der Waals surface area contributed by atoms with Crippen molar-refractivity contribution in [1.29, 1.82) is 0 Å². The Kier molecular flexibility index (Phi) is 6.29. The van der Waals surface area contributed by atoms with Gasteiger partial charge in [0.15, 0.2) is 5.78 Å². The molecule has 0 spiro atoms. The zero-order chi connectivity index (χ0) is 28.3. The number of rotatable bonds is 3. The van der Waals surface area contributed by atoms with Crippen LogP contribution in [-0.2, 0) is 19.1 Å². The van der Waals surface area contributed by atoms with Crippen LogP contribution in [-0.4, -0.2) is 23.1 Å². The maximum atomic E-state index is 13.4. The zero-order valence-electron chi connectivity index (χ0n) is 25.2. The molecule has 5 aliphatic carbocycles. The Balaban J connectivity index is 1.62. The van der Waals surface area contributed by atoms with Crippen molar-refractivity contribution in [3.05, 3.63) is 11.1 Å². The van der Waals surface area contributed by atoms with E-state index in [1.165, 1.54) is 6.92 Å². The third kappa shape index (κ3) is 3.19. The molecule has 0 amide bonds. The Morgan fingerprint density at radius 3 is 2.05 bits per heavy atom. The molecule has 4 saturated carbocycles. The molecule has 0 saturated heterocycles. The molecule has 212 valence electrons. The molecule has 4 fully saturated rings. The maximum absolute atomic E-state index is 13.4. The summed E-state index contributed by atoms with van der Waals surface area (Å²) in [6, 6.07) is 0. The van der Waals surface area contributed by atoms with Crippen LogP contribution in [0.15, 0.2) is 11.1 Å². The molecule has 0 aromatic carbocycles. The van der Waals surface area contributed by atoms with E-state index in [2.05, 4.69) is 55.4 Å². The summed E-state index contributed by atoms with van der Waals surface area (Å²) >= 11 is 6.39. The summed E-state index contributed by atoms with van der Waals surface area (Å²) in [5.74, 6) is 0.757. The molecule has 0 aromatic rings. The second-order valence-corrected chi connectivity index (χ2v) is 15.9. The molecule has 0 unspecified atom stereocenters. The van der Waals surface area contributed by atoms with Crippen molar-refractivity contribution in [2.24, 2.45) is 50.2 Å². The van der Waals surface area contributed by atoms with Gasteiger partial charge in [-0.05, 0) is 114 Å². The topological polar surface area (TPSA) is 60.4 Å². The number of ether oxygens (including phenoxy) is 1. The van der Waals surface area contributed by atoms with E-state index in [9.17, 15) is 14.4 Å². The van der Waals surface area contributed by atoms with Gasteiger partial charge in [-0.3, -0.25) is 14.4 Å². The van der Waals surface area contributed by atoms with Crippen LogP contribution in [0.4, 0.5) is 0 Å². The first-order valence-electron chi connectivity index (χ1n) is 15.1. The lowest BCUT2D eigenvalue weighted by atomic mass is 9.28. The summed E-state index contributed by atoms with van der Waals surface area (Å²) in [4.78, 5) is 38.4. The number of esters is 1. The summed E-state index contributed by atoms with van der Waals surface area (Å²) in [5, 5.41) is -0.321. The van der Waals surface area contributed by atoms with Gasteiger partial charge in [-0.2, -0.15) is 0 Å². The standard InChI is InChI=1S/C33H49ClO4/c1-19(2)25-22(36)18-33(27(34)37)17-16-29(6)21(26(25)33)10-14-32(9)30(7)13-12-24(38-20(3)35)28(4,5)23(30)11-15-31(29,32)8/h19,21,23-24H,10-18H2,1-9H3/t21-,23+,24+,29-,30+,31+,32-,33-/m1/s1. The van der Waals surface area contributed by atoms with Crippen molar-refractivity contribution in [2.45, 2.75) is 126 Å². The third-order valence-electron chi connectivity index (χ3n) is 14.0. The van der Waals surface area contributed by atoms with Crippen molar-refractivity contribution < 1.29 is 19.1 Å². The Morgan fingerprint density at radius 1 is 0.868 bits per heavy atom. The molecule has 0 bridgehead atoms. The molecule has 38 heavy (non-hydrogen) atoms. The van der Waals surface area contributed by atoms with E-state index >= 15 is 0 Å². The number of Topliss-reactive ketones (excluding diaryl/α,β-unsaturated/α-hetero) is 1. The fraction of sp³-hybridized carbons (Fsp3) is 0.848. The van der Waals surface area contributed by atoms with E-state index in [0.29, 0.717) is 12.3 Å². The molecule has 5 rings (SSSR count). The number of halogens is 1. The highest BCUT2D eigenvalue weighted by molar-refractivity contribution is 6.65. The highest BCUT2D eigenvalue weighted by Crippen LogP contribution is 2.81. The van der Waals surface area contributed by atoms with Crippen LogP contribution in [0.3, 0.4) is 0 Å². The van der Waals surface area contributed by atoms with Gasteiger partial charge in [-0.25, -0.2) is 0 Å². The average Bonchev–Trinajstić information content (AvgIpc) is 3.11. The minimum Gasteiger partial charge on any atom is -0.462 e. The highest BCUT2D eigenvalue weighted by Gasteiger charge is 2.74. The second kappa shape index (κ2) is 8.43. The van der Waals surface area contributed by atoms with Gasteiger partial charge >= 0.3 is 5.97 Å². The number of hydrogen-bond acceptors (Lipinski definition) is 4. The molecule has 0 radical (unpaired) electrons. The summed E-state index contributed by atoms with van der Waals surface area (Å²) in [7, 11) is 0. The zero-order valence-corrected chi connectivity index (χ0v) is 25.9.